The third-order valence-corrected chi connectivity index (χ3v) is 7.59. The lowest BCUT2D eigenvalue weighted by molar-refractivity contribution is -0.136. The summed E-state index contributed by atoms with van der Waals surface area (Å²) in [4.78, 5) is 17.0. The van der Waals surface area contributed by atoms with E-state index in [1.807, 2.05) is 0 Å². The Bertz CT molecular complexity index is 808. The summed E-state index contributed by atoms with van der Waals surface area (Å²) in [5, 5.41) is 2.11. The van der Waals surface area contributed by atoms with Gasteiger partial charge in [-0.15, -0.1) is 11.3 Å². The van der Waals surface area contributed by atoms with Gasteiger partial charge in [0.1, 0.15) is 5.75 Å². The SMILES string of the molecule is O=C(N1CC[C@H](c2ccc3c(c2)CCO3)C1)C1(c2cccs2)CCCC1. The van der Waals surface area contributed by atoms with Gasteiger partial charge in [0.15, 0.2) is 0 Å². The largest absolute Gasteiger partial charge is 0.493 e. The van der Waals surface area contributed by atoms with E-state index in [1.165, 1.54) is 28.8 Å². The molecule has 0 unspecified atom stereocenters. The molecular weight excluding hydrogens is 342 g/mol. The first kappa shape index (κ1) is 16.4. The summed E-state index contributed by atoms with van der Waals surface area (Å²) in [5.74, 6) is 1.89. The fraction of sp³-hybridized carbons (Fsp3) is 0.500. The van der Waals surface area contributed by atoms with Crippen LogP contribution in [-0.2, 0) is 16.6 Å². The second kappa shape index (κ2) is 6.41. The van der Waals surface area contributed by atoms with Crippen LogP contribution in [0.1, 0.15) is 54.0 Å². The highest BCUT2D eigenvalue weighted by atomic mass is 32.1. The molecule has 0 spiro atoms. The summed E-state index contributed by atoms with van der Waals surface area (Å²) in [5.41, 5.74) is 2.47. The number of amides is 1. The first-order valence-corrected chi connectivity index (χ1v) is 10.7. The first-order valence-electron chi connectivity index (χ1n) is 9.85. The van der Waals surface area contributed by atoms with Gasteiger partial charge in [0.25, 0.3) is 0 Å². The predicted octanol–water partition coefficient (Wildman–Crippen LogP) is 4.51. The van der Waals surface area contributed by atoms with Crippen LogP contribution in [0.5, 0.6) is 5.75 Å². The van der Waals surface area contributed by atoms with Gasteiger partial charge in [-0.1, -0.05) is 31.0 Å². The van der Waals surface area contributed by atoms with E-state index in [9.17, 15) is 4.79 Å². The van der Waals surface area contributed by atoms with Crippen molar-refractivity contribution in [2.75, 3.05) is 19.7 Å². The Morgan fingerprint density at radius 2 is 2.12 bits per heavy atom. The molecule has 1 atom stereocenters. The summed E-state index contributed by atoms with van der Waals surface area (Å²) in [7, 11) is 0. The van der Waals surface area contributed by atoms with Gasteiger partial charge in [0, 0.05) is 30.3 Å². The number of likely N-dealkylation sites (tertiary alicyclic amines) is 1. The Balaban J connectivity index is 1.36. The Hall–Kier alpha value is -1.81. The van der Waals surface area contributed by atoms with Crippen LogP contribution in [0.25, 0.3) is 0 Å². The number of hydrogen-bond acceptors (Lipinski definition) is 3. The van der Waals surface area contributed by atoms with E-state index in [0.29, 0.717) is 11.8 Å². The predicted molar refractivity (Wildman–Crippen MR) is 104 cm³/mol. The number of benzene rings is 1. The van der Waals surface area contributed by atoms with E-state index in [2.05, 4.69) is 40.6 Å². The van der Waals surface area contributed by atoms with E-state index >= 15 is 0 Å². The zero-order valence-electron chi connectivity index (χ0n) is 15.1. The van der Waals surface area contributed by atoms with Crippen LogP contribution in [0.15, 0.2) is 35.7 Å². The summed E-state index contributed by atoms with van der Waals surface area (Å²) in [6.45, 7) is 2.56. The van der Waals surface area contributed by atoms with Crippen molar-refractivity contribution in [1.82, 2.24) is 4.90 Å². The van der Waals surface area contributed by atoms with Crippen LogP contribution in [0.2, 0.25) is 0 Å². The molecule has 2 fully saturated rings. The number of rotatable bonds is 3. The Morgan fingerprint density at radius 3 is 2.92 bits per heavy atom. The van der Waals surface area contributed by atoms with Gasteiger partial charge < -0.3 is 9.64 Å². The summed E-state index contributed by atoms with van der Waals surface area (Å²) in [6, 6.07) is 10.9. The number of carbonyl (C=O) groups is 1. The molecule has 0 bridgehead atoms. The molecule has 2 aromatic rings. The minimum absolute atomic E-state index is 0.241. The molecule has 1 saturated heterocycles. The van der Waals surface area contributed by atoms with Gasteiger partial charge >= 0.3 is 0 Å². The molecule has 1 aromatic heterocycles. The lowest BCUT2D eigenvalue weighted by Gasteiger charge is -2.31. The Kier molecular flexibility index (Phi) is 4.04. The summed E-state index contributed by atoms with van der Waals surface area (Å²) < 4.78 is 5.63. The van der Waals surface area contributed by atoms with Crippen molar-refractivity contribution in [1.29, 1.82) is 0 Å². The molecule has 136 valence electrons. The lowest BCUT2D eigenvalue weighted by atomic mass is 9.83. The average Bonchev–Trinajstić information content (AvgIpc) is 3.48. The zero-order valence-corrected chi connectivity index (χ0v) is 15.9. The smallest absolute Gasteiger partial charge is 0.234 e. The molecule has 0 radical (unpaired) electrons. The molecule has 4 heteroatoms. The van der Waals surface area contributed by atoms with Gasteiger partial charge in [-0.3, -0.25) is 4.79 Å². The van der Waals surface area contributed by atoms with Gasteiger partial charge in [-0.2, -0.15) is 0 Å². The van der Waals surface area contributed by atoms with E-state index in [0.717, 1.165) is 51.1 Å². The van der Waals surface area contributed by atoms with Gasteiger partial charge in [0.05, 0.1) is 12.0 Å². The van der Waals surface area contributed by atoms with Crippen LogP contribution in [0, 0.1) is 0 Å². The van der Waals surface area contributed by atoms with Crippen LogP contribution in [0.3, 0.4) is 0 Å². The maximum absolute atomic E-state index is 13.5. The van der Waals surface area contributed by atoms with Crippen molar-refractivity contribution in [2.45, 2.75) is 49.9 Å². The fourth-order valence-electron chi connectivity index (χ4n) is 5.07. The van der Waals surface area contributed by atoms with Crippen LogP contribution >= 0.6 is 11.3 Å². The summed E-state index contributed by atoms with van der Waals surface area (Å²) >= 11 is 1.76. The quantitative estimate of drug-likeness (QED) is 0.799. The highest BCUT2D eigenvalue weighted by molar-refractivity contribution is 7.10. The minimum Gasteiger partial charge on any atom is -0.493 e. The van der Waals surface area contributed by atoms with Crippen molar-refractivity contribution < 1.29 is 9.53 Å². The van der Waals surface area contributed by atoms with E-state index in [1.54, 1.807) is 11.3 Å². The summed E-state index contributed by atoms with van der Waals surface area (Å²) in [6.07, 6.45) is 6.47. The second-order valence-electron chi connectivity index (χ2n) is 7.97. The maximum Gasteiger partial charge on any atom is 0.234 e. The maximum atomic E-state index is 13.5. The third-order valence-electron chi connectivity index (χ3n) is 6.52. The van der Waals surface area contributed by atoms with E-state index in [-0.39, 0.29) is 5.41 Å². The molecule has 1 saturated carbocycles. The number of fused-ring (bicyclic) bond motifs is 1. The molecule has 26 heavy (non-hydrogen) atoms. The highest BCUT2D eigenvalue weighted by Crippen LogP contribution is 2.45. The molecular formula is C22H25NO2S. The number of carbonyl (C=O) groups excluding carboxylic acids is 1. The molecule has 3 nitrogen and oxygen atoms in total. The Morgan fingerprint density at radius 1 is 1.23 bits per heavy atom. The number of ether oxygens (including phenoxy) is 1. The molecule has 1 amide bonds. The van der Waals surface area contributed by atoms with Gasteiger partial charge in [-0.05, 0) is 47.9 Å². The number of thiophene rings is 1. The monoisotopic (exact) mass is 367 g/mol. The molecule has 0 N–H and O–H groups in total. The second-order valence-corrected chi connectivity index (χ2v) is 8.92. The topological polar surface area (TPSA) is 29.5 Å². The molecule has 2 aliphatic heterocycles. The molecule has 5 rings (SSSR count). The molecule has 1 aliphatic carbocycles. The average molecular weight is 368 g/mol. The highest BCUT2D eigenvalue weighted by Gasteiger charge is 2.47. The van der Waals surface area contributed by atoms with Crippen LogP contribution in [0.4, 0.5) is 0 Å². The van der Waals surface area contributed by atoms with Crippen molar-refractivity contribution in [3.05, 3.63) is 51.7 Å². The molecule has 3 heterocycles. The van der Waals surface area contributed by atoms with Crippen LogP contribution in [-0.4, -0.2) is 30.5 Å². The van der Waals surface area contributed by atoms with Crippen molar-refractivity contribution in [3.63, 3.8) is 0 Å². The number of nitrogens with zero attached hydrogens (tertiary/aromatic N) is 1. The third kappa shape index (κ3) is 2.58. The minimum atomic E-state index is -0.241. The van der Waals surface area contributed by atoms with Crippen molar-refractivity contribution >= 4 is 17.2 Å². The lowest BCUT2D eigenvalue weighted by Crippen LogP contribution is -2.44. The van der Waals surface area contributed by atoms with Gasteiger partial charge in [-0.25, -0.2) is 0 Å². The Labute approximate surface area is 159 Å². The fourth-order valence-corrected chi connectivity index (χ4v) is 6.05. The van der Waals surface area contributed by atoms with Crippen molar-refractivity contribution in [2.24, 2.45) is 0 Å². The first-order chi connectivity index (χ1) is 12.8. The van der Waals surface area contributed by atoms with Gasteiger partial charge in [0.2, 0.25) is 5.91 Å². The van der Waals surface area contributed by atoms with Crippen molar-refractivity contribution in [3.8, 4) is 5.75 Å². The van der Waals surface area contributed by atoms with E-state index < -0.39 is 0 Å². The standard InChI is InChI=1S/C22H25NO2S/c24-21(22(9-1-2-10-22)20-4-3-13-26-20)23-11-7-18(15-23)16-5-6-19-17(14-16)8-12-25-19/h3-6,13-14,18H,1-2,7-12,15H2/t18-/m0/s1. The van der Waals surface area contributed by atoms with Crippen LogP contribution < -0.4 is 4.74 Å². The molecule has 1 aromatic carbocycles. The molecule has 3 aliphatic rings. The zero-order chi connectivity index (χ0) is 17.6. The number of hydrogen-bond donors (Lipinski definition) is 0. The normalized spacial score (nSPS) is 23.8. The van der Waals surface area contributed by atoms with E-state index in [4.69, 9.17) is 4.74 Å².